The van der Waals surface area contributed by atoms with Crippen LogP contribution in [0.2, 0.25) is 0 Å². The molecule has 5 rings (SSSR count). The van der Waals surface area contributed by atoms with Crippen molar-refractivity contribution in [2.75, 3.05) is 11.9 Å². The molecule has 0 fully saturated rings. The van der Waals surface area contributed by atoms with Gasteiger partial charge in [0.15, 0.2) is 0 Å². The van der Waals surface area contributed by atoms with Crippen molar-refractivity contribution < 1.29 is 0 Å². The van der Waals surface area contributed by atoms with Crippen molar-refractivity contribution in [2.45, 2.75) is 6.54 Å². The summed E-state index contributed by atoms with van der Waals surface area (Å²) in [5.74, 6) is 0.482. The van der Waals surface area contributed by atoms with Gasteiger partial charge < -0.3 is 5.32 Å². The lowest BCUT2D eigenvalue weighted by Gasteiger charge is -2.08. The first kappa shape index (κ1) is 17.0. The zero-order chi connectivity index (χ0) is 19.8. The van der Waals surface area contributed by atoms with Crippen molar-refractivity contribution in [3.63, 3.8) is 0 Å². The van der Waals surface area contributed by atoms with E-state index < -0.39 is 0 Å². The van der Waals surface area contributed by atoms with Gasteiger partial charge in [-0.1, -0.05) is 48.5 Å². The van der Waals surface area contributed by atoms with Crippen LogP contribution in [0.4, 0.5) is 5.95 Å². The van der Waals surface area contributed by atoms with Crippen LogP contribution in [0, 0.1) is 11.3 Å². The SMILES string of the molecule is N#Cc1c(-c2cn(-c3ccccc3)nc2-c2ccccc2)nc2n(c1=O)CCN2. The molecule has 7 heteroatoms. The summed E-state index contributed by atoms with van der Waals surface area (Å²) in [6, 6.07) is 21.5. The summed E-state index contributed by atoms with van der Waals surface area (Å²) in [5, 5.41) is 17.6. The first-order chi connectivity index (χ1) is 14.3. The molecule has 0 saturated carbocycles. The Balaban J connectivity index is 1.80. The summed E-state index contributed by atoms with van der Waals surface area (Å²) in [6.45, 7) is 1.12. The summed E-state index contributed by atoms with van der Waals surface area (Å²) in [5.41, 5.74) is 3.12. The van der Waals surface area contributed by atoms with E-state index in [1.807, 2.05) is 66.9 Å². The highest BCUT2D eigenvalue weighted by molar-refractivity contribution is 5.82. The van der Waals surface area contributed by atoms with Crippen LogP contribution in [0.3, 0.4) is 0 Å². The Bertz CT molecular complexity index is 1300. The van der Waals surface area contributed by atoms with E-state index >= 15 is 0 Å². The van der Waals surface area contributed by atoms with E-state index in [2.05, 4.69) is 16.4 Å². The number of aromatic nitrogens is 4. The molecule has 1 aliphatic heterocycles. The molecule has 0 amide bonds. The van der Waals surface area contributed by atoms with Crippen molar-refractivity contribution in [1.82, 2.24) is 19.3 Å². The number of para-hydroxylation sites is 1. The number of nitrogens with zero attached hydrogens (tertiary/aromatic N) is 5. The molecule has 0 saturated heterocycles. The predicted molar refractivity (Wildman–Crippen MR) is 110 cm³/mol. The van der Waals surface area contributed by atoms with Crippen LogP contribution in [-0.4, -0.2) is 25.9 Å². The standard InChI is InChI=1S/C22H16N6O/c23-13-17-20(25-22-24-11-12-27(22)21(17)29)18-14-28(16-9-5-2-6-10-16)26-19(18)15-7-3-1-4-8-15/h1-10,14H,11-12H2,(H,24,25). The monoisotopic (exact) mass is 380 g/mol. The van der Waals surface area contributed by atoms with Crippen LogP contribution in [0.15, 0.2) is 71.7 Å². The maximum atomic E-state index is 12.8. The molecule has 140 valence electrons. The normalized spacial score (nSPS) is 12.2. The predicted octanol–water partition coefficient (Wildman–Crippen LogP) is 3.06. The number of hydrogen-bond donors (Lipinski definition) is 1. The largest absolute Gasteiger partial charge is 0.354 e. The Morgan fingerprint density at radius 1 is 1.00 bits per heavy atom. The molecule has 0 spiro atoms. The molecule has 0 radical (unpaired) electrons. The highest BCUT2D eigenvalue weighted by Gasteiger charge is 2.24. The minimum Gasteiger partial charge on any atom is -0.354 e. The van der Waals surface area contributed by atoms with Gasteiger partial charge in [-0.2, -0.15) is 10.4 Å². The average Bonchev–Trinajstić information content (AvgIpc) is 3.42. The zero-order valence-corrected chi connectivity index (χ0v) is 15.4. The van der Waals surface area contributed by atoms with Crippen LogP contribution in [0.5, 0.6) is 0 Å². The Morgan fingerprint density at radius 2 is 1.72 bits per heavy atom. The molecule has 29 heavy (non-hydrogen) atoms. The van der Waals surface area contributed by atoms with Gasteiger partial charge in [-0.15, -0.1) is 0 Å². The van der Waals surface area contributed by atoms with Gasteiger partial charge in [0.2, 0.25) is 5.95 Å². The third-order valence-electron chi connectivity index (χ3n) is 4.94. The number of rotatable bonds is 3. The number of hydrogen-bond acceptors (Lipinski definition) is 5. The van der Waals surface area contributed by atoms with Gasteiger partial charge in [0.05, 0.1) is 5.69 Å². The molecule has 3 heterocycles. The summed E-state index contributed by atoms with van der Waals surface area (Å²) < 4.78 is 3.25. The van der Waals surface area contributed by atoms with Crippen LogP contribution in [0.1, 0.15) is 5.56 Å². The second kappa shape index (κ2) is 6.77. The summed E-state index contributed by atoms with van der Waals surface area (Å²) in [4.78, 5) is 17.5. The topological polar surface area (TPSA) is 88.5 Å². The molecular formula is C22H16N6O. The number of anilines is 1. The Labute approximate surface area is 166 Å². The fourth-order valence-electron chi connectivity index (χ4n) is 3.54. The minimum atomic E-state index is -0.330. The molecule has 0 unspecified atom stereocenters. The van der Waals surface area contributed by atoms with E-state index in [9.17, 15) is 10.1 Å². The van der Waals surface area contributed by atoms with Crippen molar-refractivity contribution in [2.24, 2.45) is 0 Å². The van der Waals surface area contributed by atoms with Gasteiger partial charge in [-0.05, 0) is 12.1 Å². The molecule has 4 aromatic rings. The zero-order valence-electron chi connectivity index (χ0n) is 15.4. The minimum absolute atomic E-state index is 0.0299. The Kier molecular flexibility index (Phi) is 3.96. The lowest BCUT2D eigenvalue weighted by Crippen LogP contribution is -2.22. The Morgan fingerprint density at radius 3 is 2.45 bits per heavy atom. The van der Waals surface area contributed by atoms with Gasteiger partial charge in [-0.25, -0.2) is 9.67 Å². The lowest BCUT2D eigenvalue weighted by molar-refractivity contribution is 0.759. The highest BCUT2D eigenvalue weighted by Crippen LogP contribution is 2.33. The van der Waals surface area contributed by atoms with Crippen molar-refractivity contribution in [3.8, 4) is 34.3 Å². The second-order valence-corrected chi connectivity index (χ2v) is 6.69. The van der Waals surface area contributed by atoms with E-state index in [0.717, 1.165) is 11.3 Å². The third-order valence-corrected chi connectivity index (χ3v) is 4.94. The fourth-order valence-corrected chi connectivity index (χ4v) is 3.54. The van der Waals surface area contributed by atoms with Crippen LogP contribution >= 0.6 is 0 Å². The first-order valence-electron chi connectivity index (χ1n) is 9.26. The van der Waals surface area contributed by atoms with Crippen molar-refractivity contribution in [1.29, 1.82) is 5.26 Å². The number of nitriles is 1. The van der Waals surface area contributed by atoms with Gasteiger partial charge in [0.25, 0.3) is 5.56 Å². The molecule has 1 aliphatic rings. The number of benzene rings is 2. The van der Waals surface area contributed by atoms with Crippen molar-refractivity contribution in [3.05, 3.63) is 82.8 Å². The average molecular weight is 380 g/mol. The smallest absolute Gasteiger partial charge is 0.273 e. The molecule has 0 bridgehead atoms. The van der Waals surface area contributed by atoms with E-state index in [1.54, 1.807) is 4.68 Å². The lowest BCUT2D eigenvalue weighted by atomic mass is 10.0. The molecular weight excluding hydrogens is 364 g/mol. The van der Waals surface area contributed by atoms with E-state index in [0.29, 0.717) is 36.0 Å². The third kappa shape index (κ3) is 2.78. The van der Waals surface area contributed by atoms with Gasteiger partial charge in [-0.3, -0.25) is 9.36 Å². The van der Waals surface area contributed by atoms with E-state index in [1.165, 1.54) is 4.57 Å². The van der Waals surface area contributed by atoms with E-state index in [4.69, 9.17) is 5.10 Å². The summed E-state index contributed by atoms with van der Waals surface area (Å²) >= 11 is 0. The van der Waals surface area contributed by atoms with Crippen LogP contribution < -0.4 is 10.9 Å². The quantitative estimate of drug-likeness (QED) is 0.590. The molecule has 1 N–H and O–H groups in total. The van der Waals surface area contributed by atoms with Crippen LogP contribution in [-0.2, 0) is 6.54 Å². The van der Waals surface area contributed by atoms with Gasteiger partial charge >= 0.3 is 0 Å². The summed E-state index contributed by atoms with van der Waals surface area (Å²) in [7, 11) is 0. The molecule has 7 nitrogen and oxygen atoms in total. The first-order valence-corrected chi connectivity index (χ1v) is 9.26. The second-order valence-electron chi connectivity index (χ2n) is 6.69. The number of nitrogens with one attached hydrogen (secondary N) is 1. The maximum Gasteiger partial charge on any atom is 0.273 e. The Hall–Kier alpha value is -4.18. The molecule has 0 atom stereocenters. The van der Waals surface area contributed by atoms with E-state index in [-0.39, 0.29) is 11.1 Å². The highest BCUT2D eigenvalue weighted by atomic mass is 16.1. The van der Waals surface area contributed by atoms with Gasteiger partial charge in [0.1, 0.15) is 23.0 Å². The molecule has 2 aromatic heterocycles. The van der Waals surface area contributed by atoms with Crippen LogP contribution in [0.25, 0.3) is 28.2 Å². The summed E-state index contributed by atoms with van der Waals surface area (Å²) in [6.07, 6.45) is 1.83. The molecule has 2 aromatic carbocycles. The maximum absolute atomic E-state index is 12.8. The van der Waals surface area contributed by atoms with Gasteiger partial charge in [0, 0.05) is 30.4 Å². The van der Waals surface area contributed by atoms with Crippen molar-refractivity contribution >= 4 is 5.95 Å². The fraction of sp³-hybridized carbons (Fsp3) is 0.0909. The molecule has 0 aliphatic carbocycles. The number of fused-ring (bicyclic) bond motifs is 1.